The molecule has 0 amide bonds. The lowest BCUT2D eigenvalue weighted by Crippen LogP contribution is -1.95. The predicted octanol–water partition coefficient (Wildman–Crippen LogP) is 4.78. The number of hydrazone groups is 1. The molecule has 0 saturated heterocycles. The summed E-state index contributed by atoms with van der Waals surface area (Å²) in [7, 11) is 1.69. The Morgan fingerprint density at radius 1 is 1.27 bits per heavy atom. The number of nitrogens with two attached hydrogens (primary N) is 1. The highest BCUT2D eigenvalue weighted by atomic mass is 32.2. The third-order valence-corrected chi connectivity index (χ3v) is 5.44. The van der Waals surface area contributed by atoms with E-state index in [2.05, 4.69) is 52.8 Å². The molecule has 3 rings (SSSR count). The molecule has 0 saturated carbocycles. The molecule has 5 nitrogen and oxygen atoms in total. The molecule has 1 heterocycles. The number of nitrogens with zero attached hydrogens (tertiary/aromatic N) is 2. The molecule has 26 heavy (non-hydrogen) atoms. The summed E-state index contributed by atoms with van der Waals surface area (Å²) in [5.41, 5.74) is 11.9. The SMILES string of the molecule is COc1ccc(C=NNc2nc(N)cs2)cc1CSc1ccc(C)cc1. The average Bonchev–Trinajstić information content (AvgIpc) is 3.06. The first-order chi connectivity index (χ1) is 12.6. The van der Waals surface area contributed by atoms with Crippen molar-refractivity contribution in [1.29, 1.82) is 0 Å². The van der Waals surface area contributed by atoms with E-state index < -0.39 is 0 Å². The van der Waals surface area contributed by atoms with Gasteiger partial charge in [0.15, 0.2) is 0 Å². The zero-order valence-electron chi connectivity index (χ0n) is 14.6. The van der Waals surface area contributed by atoms with E-state index in [1.165, 1.54) is 21.8 Å². The number of nitrogen functional groups attached to an aromatic ring is 1. The number of thiazole rings is 1. The van der Waals surface area contributed by atoms with Crippen LogP contribution < -0.4 is 15.9 Å². The summed E-state index contributed by atoms with van der Waals surface area (Å²) in [5, 5.41) is 6.66. The van der Waals surface area contributed by atoms with Gasteiger partial charge in [-0.25, -0.2) is 4.98 Å². The molecule has 0 fully saturated rings. The lowest BCUT2D eigenvalue weighted by molar-refractivity contribution is 0.411. The zero-order valence-corrected chi connectivity index (χ0v) is 16.2. The molecule has 2 aromatic carbocycles. The number of methoxy groups -OCH3 is 1. The molecule has 7 heteroatoms. The van der Waals surface area contributed by atoms with E-state index in [1.807, 2.05) is 12.1 Å². The Labute approximate surface area is 161 Å². The molecule has 0 spiro atoms. The summed E-state index contributed by atoms with van der Waals surface area (Å²) in [6.07, 6.45) is 1.76. The summed E-state index contributed by atoms with van der Waals surface area (Å²) in [5.74, 6) is 2.19. The van der Waals surface area contributed by atoms with Crippen molar-refractivity contribution in [2.24, 2.45) is 5.10 Å². The molecule has 0 atom stereocenters. The molecule has 0 aliphatic carbocycles. The average molecular weight is 385 g/mol. The van der Waals surface area contributed by atoms with Crippen LogP contribution in [0.2, 0.25) is 0 Å². The van der Waals surface area contributed by atoms with Gasteiger partial charge in [0.05, 0.1) is 13.3 Å². The van der Waals surface area contributed by atoms with Crippen molar-refractivity contribution in [3.8, 4) is 5.75 Å². The van der Waals surface area contributed by atoms with Crippen molar-refractivity contribution in [3.05, 3.63) is 64.5 Å². The van der Waals surface area contributed by atoms with Gasteiger partial charge in [-0.3, -0.25) is 5.43 Å². The fourth-order valence-electron chi connectivity index (χ4n) is 2.29. The van der Waals surface area contributed by atoms with Crippen LogP contribution in [-0.2, 0) is 5.75 Å². The van der Waals surface area contributed by atoms with Crippen LogP contribution in [0.15, 0.2) is 57.8 Å². The minimum atomic E-state index is 0.493. The molecule has 0 aliphatic rings. The van der Waals surface area contributed by atoms with Crippen LogP contribution in [0.5, 0.6) is 5.75 Å². The topological polar surface area (TPSA) is 72.5 Å². The normalized spacial score (nSPS) is 11.0. The first kappa shape index (κ1) is 18.3. The Bertz CT molecular complexity index is 891. The summed E-state index contributed by atoms with van der Waals surface area (Å²) < 4.78 is 5.49. The Morgan fingerprint density at radius 2 is 2.08 bits per heavy atom. The fraction of sp³-hybridized carbons (Fsp3) is 0.158. The second kappa shape index (κ2) is 8.73. The van der Waals surface area contributed by atoms with Crippen molar-refractivity contribution in [2.45, 2.75) is 17.6 Å². The van der Waals surface area contributed by atoms with Crippen LogP contribution >= 0.6 is 23.1 Å². The molecular formula is C19H20N4OS2. The Balaban J connectivity index is 1.68. The van der Waals surface area contributed by atoms with Gasteiger partial charge in [0.1, 0.15) is 11.6 Å². The van der Waals surface area contributed by atoms with Gasteiger partial charge in [-0.05, 0) is 42.8 Å². The van der Waals surface area contributed by atoms with E-state index in [0.717, 1.165) is 22.6 Å². The number of anilines is 2. The van der Waals surface area contributed by atoms with Crippen LogP contribution in [0.3, 0.4) is 0 Å². The smallest absolute Gasteiger partial charge is 0.205 e. The number of hydrogen-bond acceptors (Lipinski definition) is 7. The van der Waals surface area contributed by atoms with E-state index in [9.17, 15) is 0 Å². The third kappa shape index (κ3) is 5.00. The van der Waals surface area contributed by atoms with Crippen molar-refractivity contribution >= 4 is 40.3 Å². The highest BCUT2D eigenvalue weighted by Crippen LogP contribution is 2.28. The number of hydrogen-bond donors (Lipinski definition) is 2. The zero-order chi connectivity index (χ0) is 18.4. The van der Waals surface area contributed by atoms with Crippen molar-refractivity contribution < 1.29 is 4.74 Å². The van der Waals surface area contributed by atoms with Gasteiger partial charge >= 0.3 is 0 Å². The Hall–Kier alpha value is -2.51. The number of benzene rings is 2. The van der Waals surface area contributed by atoms with Crippen LogP contribution in [0.1, 0.15) is 16.7 Å². The van der Waals surface area contributed by atoms with E-state index in [4.69, 9.17) is 10.5 Å². The molecule has 0 bridgehead atoms. The van der Waals surface area contributed by atoms with Crippen LogP contribution in [0.4, 0.5) is 10.9 Å². The molecule has 1 aromatic heterocycles. The molecule has 3 N–H and O–H groups in total. The highest BCUT2D eigenvalue weighted by Gasteiger charge is 2.05. The van der Waals surface area contributed by atoms with Gasteiger partial charge in [-0.2, -0.15) is 5.10 Å². The van der Waals surface area contributed by atoms with Gasteiger partial charge in [0.25, 0.3) is 0 Å². The number of aryl methyl sites for hydroxylation is 1. The summed E-state index contributed by atoms with van der Waals surface area (Å²) in [4.78, 5) is 5.34. The molecule has 0 radical (unpaired) electrons. The maximum Gasteiger partial charge on any atom is 0.205 e. The number of ether oxygens (including phenoxy) is 1. The second-order valence-corrected chi connectivity index (χ2v) is 7.53. The van der Waals surface area contributed by atoms with E-state index in [1.54, 1.807) is 30.5 Å². The van der Waals surface area contributed by atoms with Gasteiger partial charge in [-0.1, -0.05) is 17.7 Å². The van der Waals surface area contributed by atoms with Gasteiger partial charge in [0.2, 0.25) is 5.13 Å². The van der Waals surface area contributed by atoms with E-state index in [0.29, 0.717) is 10.9 Å². The predicted molar refractivity (Wildman–Crippen MR) is 111 cm³/mol. The lowest BCUT2D eigenvalue weighted by Gasteiger charge is -2.09. The van der Waals surface area contributed by atoms with Gasteiger partial charge in [-0.15, -0.1) is 23.1 Å². The maximum absolute atomic E-state index is 5.59. The minimum Gasteiger partial charge on any atom is -0.496 e. The highest BCUT2D eigenvalue weighted by molar-refractivity contribution is 7.98. The van der Waals surface area contributed by atoms with Crippen LogP contribution in [0.25, 0.3) is 0 Å². The number of aromatic nitrogens is 1. The molecule has 134 valence electrons. The Kier molecular flexibility index (Phi) is 6.14. The number of nitrogens with one attached hydrogen (secondary N) is 1. The minimum absolute atomic E-state index is 0.493. The first-order valence-electron chi connectivity index (χ1n) is 8.00. The summed E-state index contributed by atoms with van der Waals surface area (Å²) in [6, 6.07) is 14.6. The first-order valence-corrected chi connectivity index (χ1v) is 9.87. The standard InChI is InChI=1S/C19H20N4OS2/c1-13-3-6-16(7-4-13)25-11-15-9-14(5-8-17(15)24-2)10-21-23-19-22-18(20)12-26-19/h3-10,12H,11,20H2,1-2H3,(H,22,23). The number of rotatable bonds is 7. The molecular weight excluding hydrogens is 364 g/mol. The monoisotopic (exact) mass is 384 g/mol. The van der Waals surface area contributed by atoms with Gasteiger partial charge in [0, 0.05) is 21.6 Å². The maximum atomic E-state index is 5.59. The largest absolute Gasteiger partial charge is 0.496 e. The number of thioether (sulfide) groups is 1. The van der Waals surface area contributed by atoms with Crippen LogP contribution in [-0.4, -0.2) is 18.3 Å². The quantitative estimate of drug-likeness (QED) is 0.348. The van der Waals surface area contributed by atoms with E-state index >= 15 is 0 Å². The van der Waals surface area contributed by atoms with Gasteiger partial charge < -0.3 is 10.5 Å². The van der Waals surface area contributed by atoms with E-state index in [-0.39, 0.29) is 0 Å². The summed E-state index contributed by atoms with van der Waals surface area (Å²) >= 11 is 3.20. The fourth-order valence-corrected chi connectivity index (χ4v) is 3.71. The van der Waals surface area contributed by atoms with Crippen molar-refractivity contribution in [3.63, 3.8) is 0 Å². The molecule has 0 aliphatic heterocycles. The van der Waals surface area contributed by atoms with Crippen LogP contribution in [0, 0.1) is 6.92 Å². The third-order valence-electron chi connectivity index (χ3n) is 3.62. The van der Waals surface area contributed by atoms with Crippen molar-refractivity contribution in [2.75, 3.05) is 18.3 Å². The Morgan fingerprint density at radius 3 is 2.77 bits per heavy atom. The summed E-state index contributed by atoms with van der Waals surface area (Å²) in [6.45, 7) is 2.09. The molecule has 3 aromatic rings. The molecule has 0 unspecified atom stereocenters. The second-order valence-electron chi connectivity index (χ2n) is 5.62. The lowest BCUT2D eigenvalue weighted by atomic mass is 10.1. The van der Waals surface area contributed by atoms with Crippen molar-refractivity contribution in [1.82, 2.24) is 4.98 Å².